The zero-order valence-corrected chi connectivity index (χ0v) is 13.3. The first kappa shape index (κ1) is 15.8. The number of rotatable bonds is 4. The van der Waals surface area contributed by atoms with E-state index in [-0.39, 0.29) is 11.9 Å². The Morgan fingerprint density at radius 3 is 2.35 bits per heavy atom. The van der Waals surface area contributed by atoms with Gasteiger partial charge in [0.05, 0.1) is 6.04 Å². The van der Waals surface area contributed by atoms with Crippen LogP contribution in [0.1, 0.15) is 78.1 Å². The second-order valence-corrected chi connectivity index (χ2v) is 7.04. The molecule has 0 aromatic heterocycles. The predicted molar refractivity (Wildman–Crippen MR) is 83.7 cm³/mol. The monoisotopic (exact) mass is 280 g/mol. The summed E-state index contributed by atoms with van der Waals surface area (Å²) in [6.07, 6.45) is 12.6. The van der Waals surface area contributed by atoms with Crippen LogP contribution < -0.4 is 10.6 Å². The molecule has 2 aliphatic carbocycles. The van der Waals surface area contributed by atoms with Crippen molar-refractivity contribution in [2.75, 3.05) is 0 Å². The van der Waals surface area contributed by atoms with E-state index >= 15 is 0 Å². The molecule has 1 amide bonds. The number of amides is 1. The van der Waals surface area contributed by atoms with Crippen LogP contribution in [-0.2, 0) is 4.79 Å². The van der Waals surface area contributed by atoms with E-state index in [9.17, 15) is 4.79 Å². The van der Waals surface area contributed by atoms with Crippen molar-refractivity contribution in [2.24, 2.45) is 5.92 Å². The molecular weight excluding hydrogens is 248 g/mol. The van der Waals surface area contributed by atoms with Crippen LogP contribution in [0.15, 0.2) is 0 Å². The van der Waals surface area contributed by atoms with Crippen molar-refractivity contribution in [3.63, 3.8) is 0 Å². The maximum atomic E-state index is 12.3. The molecule has 2 aliphatic rings. The van der Waals surface area contributed by atoms with Gasteiger partial charge in [-0.15, -0.1) is 0 Å². The summed E-state index contributed by atoms with van der Waals surface area (Å²) in [5.41, 5.74) is 0. The Balaban J connectivity index is 1.72. The molecule has 3 unspecified atom stereocenters. The normalized spacial score (nSPS) is 30.5. The van der Waals surface area contributed by atoms with Gasteiger partial charge in [0.2, 0.25) is 5.91 Å². The van der Waals surface area contributed by atoms with Gasteiger partial charge >= 0.3 is 0 Å². The minimum Gasteiger partial charge on any atom is -0.352 e. The summed E-state index contributed by atoms with van der Waals surface area (Å²) >= 11 is 0. The van der Waals surface area contributed by atoms with Gasteiger partial charge in [-0.05, 0) is 44.9 Å². The lowest BCUT2D eigenvalue weighted by atomic mass is 9.95. The zero-order valence-electron chi connectivity index (χ0n) is 13.3. The molecule has 0 aliphatic heterocycles. The third-order valence-electron chi connectivity index (χ3n) is 5.09. The molecule has 2 fully saturated rings. The molecule has 0 saturated heterocycles. The average molecular weight is 280 g/mol. The first-order chi connectivity index (χ1) is 9.65. The fourth-order valence-electron chi connectivity index (χ4n) is 3.66. The number of carbonyl (C=O) groups is 1. The molecule has 2 rings (SSSR count). The highest BCUT2D eigenvalue weighted by molar-refractivity contribution is 5.81. The van der Waals surface area contributed by atoms with Gasteiger partial charge in [0.15, 0.2) is 0 Å². The van der Waals surface area contributed by atoms with E-state index in [1.54, 1.807) is 0 Å². The minimum atomic E-state index is -0.0460. The number of hydrogen-bond acceptors (Lipinski definition) is 2. The lowest BCUT2D eigenvalue weighted by molar-refractivity contribution is -0.123. The lowest BCUT2D eigenvalue weighted by Gasteiger charge is -2.26. The fourth-order valence-corrected chi connectivity index (χ4v) is 3.66. The maximum Gasteiger partial charge on any atom is 0.237 e. The van der Waals surface area contributed by atoms with Crippen LogP contribution in [0.5, 0.6) is 0 Å². The van der Waals surface area contributed by atoms with Crippen LogP contribution in [0.2, 0.25) is 0 Å². The predicted octanol–water partition coefficient (Wildman–Crippen LogP) is 3.38. The molecule has 3 nitrogen and oxygen atoms in total. The van der Waals surface area contributed by atoms with E-state index in [1.807, 2.05) is 6.92 Å². The van der Waals surface area contributed by atoms with Gasteiger partial charge in [-0.2, -0.15) is 0 Å². The van der Waals surface area contributed by atoms with Crippen molar-refractivity contribution in [3.8, 4) is 0 Å². The summed E-state index contributed by atoms with van der Waals surface area (Å²) in [6.45, 7) is 4.37. The van der Waals surface area contributed by atoms with E-state index in [4.69, 9.17) is 0 Å². The summed E-state index contributed by atoms with van der Waals surface area (Å²) in [4.78, 5) is 12.3. The van der Waals surface area contributed by atoms with E-state index in [1.165, 1.54) is 64.2 Å². The van der Waals surface area contributed by atoms with E-state index in [0.717, 1.165) is 5.92 Å². The second-order valence-electron chi connectivity index (χ2n) is 7.04. The molecular formula is C17H32N2O. The van der Waals surface area contributed by atoms with Crippen LogP contribution >= 0.6 is 0 Å². The van der Waals surface area contributed by atoms with Crippen LogP contribution in [0, 0.1) is 5.92 Å². The van der Waals surface area contributed by atoms with Crippen molar-refractivity contribution in [1.82, 2.24) is 10.6 Å². The SMILES string of the molecule is CC1CCCC(NC(C)C(=O)NC2CCCCC2)CC1. The molecule has 3 atom stereocenters. The molecule has 0 spiro atoms. The summed E-state index contributed by atoms with van der Waals surface area (Å²) < 4.78 is 0. The summed E-state index contributed by atoms with van der Waals surface area (Å²) in [5.74, 6) is 1.06. The number of hydrogen-bond donors (Lipinski definition) is 2. The van der Waals surface area contributed by atoms with Crippen molar-refractivity contribution in [1.29, 1.82) is 0 Å². The fraction of sp³-hybridized carbons (Fsp3) is 0.941. The summed E-state index contributed by atoms with van der Waals surface area (Å²) in [7, 11) is 0. The zero-order chi connectivity index (χ0) is 14.4. The Hall–Kier alpha value is -0.570. The van der Waals surface area contributed by atoms with E-state index < -0.39 is 0 Å². The van der Waals surface area contributed by atoms with Crippen LogP contribution in [-0.4, -0.2) is 24.0 Å². The molecule has 3 heteroatoms. The third kappa shape index (κ3) is 5.08. The third-order valence-corrected chi connectivity index (χ3v) is 5.09. The Bertz CT molecular complexity index is 299. The van der Waals surface area contributed by atoms with Gasteiger partial charge < -0.3 is 10.6 Å². The van der Waals surface area contributed by atoms with Gasteiger partial charge in [-0.25, -0.2) is 0 Å². The first-order valence-corrected chi connectivity index (χ1v) is 8.71. The van der Waals surface area contributed by atoms with Gasteiger partial charge in [0.1, 0.15) is 0 Å². The summed E-state index contributed by atoms with van der Waals surface area (Å²) in [5, 5.41) is 6.79. The largest absolute Gasteiger partial charge is 0.352 e. The number of nitrogens with one attached hydrogen (secondary N) is 2. The average Bonchev–Trinajstić information content (AvgIpc) is 2.65. The van der Waals surface area contributed by atoms with Crippen LogP contribution in [0.3, 0.4) is 0 Å². The molecule has 0 aromatic rings. The lowest BCUT2D eigenvalue weighted by Crippen LogP contribution is -2.49. The topological polar surface area (TPSA) is 41.1 Å². The Labute approximate surface area is 124 Å². The minimum absolute atomic E-state index is 0.0460. The van der Waals surface area contributed by atoms with Gasteiger partial charge in [-0.1, -0.05) is 39.0 Å². The number of carbonyl (C=O) groups excluding carboxylic acids is 1. The van der Waals surface area contributed by atoms with Gasteiger partial charge in [-0.3, -0.25) is 4.79 Å². The molecule has 0 aromatic carbocycles. The Kier molecular flexibility index (Phi) is 6.34. The van der Waals surface area contributed by atoms with Crippen molar-refractivity contribution < 1.29 is 4.79 Å². The van der Waals surface area contributed by atoms with Crippen molar-refractivity contribution in [3.05, 3.63) is 0 Å². The highest BCUT2D eigenvalue weighted by Crippen LogP contribution is 2.23. The first-order valence-electron chi connectivity index (χ1n) is 8.71. The summed E-state index contributed by atoms with van der Waals surface area (Å²) in [6, 6.07) is 0.914. The van der Waals surface area contributed by atoms with Crippen molar-refractivity contribution >= 4 is 5.91 Å². The second kappa shape index (κ2) is 8.02. The molecule has 2 N–H and O–H groups in total. The molecule has 116 valence electrons. The molecule has 0 heterocycles. The van der Waals surface area contributed by atoms with Gasteiger partial charge in [0.25, 0.3) is 0 Å². The van der Waals surface area contributed by atoms with Gasteiger partial charge in [0, 0.05) is 12.1 Å². The standard InChI is InChI=1S/C17H32N2O/c1-13-7-6-10-16(12-11-13)18-14(2)17(20)19-15-8-4-3-5-9-15/h13-16,18H,3-12H2,1-2H3,(H,19,20). The van der Waals surface area contributed by atoms with Crippen molar-refractivity contribution in [2.45, 2.75) is 96.2 Å². The maximum absolute atomic E-state index is 12.3. The molecule has 2 saturated carbocycles. The highest BCUT2D eigenvalue weighted by atomic mass is 16.2. The Morgan fingerprint density at radius 2 is 1.60 bits per heavy atom. The quantitative estimate of drug-likeness (QED) is 0.775. The highest BCUT2D eigenvalue weighted by Gasteiger charge is 2.23. The van der Waals surface area contributed by atoms with E-state index in [2.05, 4.69) is 17.6 Å². The molecule has 0 radical (unpaired) electrons. The Morgan fingerprint density at radius 1 is 0.900 bits per heavy atom. The smallest absolute Gasteiger partial charge is 0.237 e. The van der Waals surface area contributed by atoms with Crippen LogP contribution in [0.25, 0.3) is 0 Å². The molecule has 20 heavy (non-hydrogen) atoms. The van der Waals surface area contributed by atoms with Crippen LogP contribution in [0.4, 0.5) is 0 Å². The molecule has 0 bridgehead atoms. The van der Waals surface area contributed by atoms with E-state index in [0.29, 0.717) is 12.1 Å².